The van der Waals surface area contributed by atoms with Crippen molar-refractivity contribution in [1.82, 2.24) is 19.7 Å². The fraction of sp³-hybridized carbons (Fsp3) is 0.241. The maximum atomic E-state index is 13.8. The van der Waals surface area contributed by atoms with Gasteiger partial charge in [-0.05, 0) is 61.7 Å². The van der Waals surface area contributed by atoms with Crippen LogP contribution < -0.4 is 20.1 Å². The van der Waals surface area contributed by atoms with E-state index in [0.717, 1.165) is 5.56 Å². The smallest absolute Gasteiger partial charge is 0.329 e. The van der Waals surface area contributed by atoms with Gasteiger partial charge in [0, 0.05) is 18.7 Å². The summed E-state index contributed by atoms with van der Waals surface area (Å²) in [5.41, 5.74) is 1.81. The van der Waals surface area contributed by atoms with Crippen LogP contribution in [0.1, 0.15) is 24.0 Å². The number of nitriles is 1. The summed E-state index contributed by atoms with van der Waals surface area (Å²) in [6.07, 6.45) is 2.24. The van der Waals surface area contributed by atoms with Gasteiger partial charge in [0.15, 0.2) is 6.19 Å². The van der Waals surface area contributed by atoms with Crippen molar-refractivity contribution in [3.05, 3.63) is 90.0 Å². The molecule has 0 unspecified atom stereocenters. The van der Waals surface area contributed by atoms with Gasteiger partial charge in [-0.25, -0.2) is 31.1 Å². The molecule has 1 aliphatic rings. The summed E-state index contributed by atoms with van der Waals surface area (Å²) < 4.78 is 53.2. The van der Waals surface area contributed by atoms with Crippen LogP contribution in [0.3, 0.4) is 0 Å². The molecular weight excluding hydrogens is 608 g/mol. The standard InChI is InChI=1S/C29H30N6O7S2/c1-20-9-13-24(14-10-20)44(41,42)34-29(38)33-25(18-21-6-3-2-4-7-21)28(37)35-17-5-8-26(35)27(36)32-22-11-15-23(16-12-22)43(39,40)31-19-30/h2-4,6-7,9-16,25-26,31H,5,8,17-18H2,1H3,(H,32,36)(H2,33,34,38)/t25-,26+/m1/s1. The second kappa shape index (κ2) is 13.6. The van der Waals surface area contributed by atoms with Crippen molar-refractivity contribution < 1.29 is 31.2 Å². The molecule has 4 N–H and O–H groups in total. The monoisotopic (exact) mass is 638 g/mol. The molecule has 3 aromatic carbocycles. The van der Waals surface area contributed by atoms with Gasteiger partial charge in [-0.2, -0.15) is 5.26 Å². The largest absolute Gasteiger partial charge is 0.329 e. The molecule has 1 fully saturated rings. The molecule has 0 bridgehead atoms. The zero-order chi connectivity index (χ0) is 31.9. The van der Waals surface area contributed by atoms with Crippen molar-refractivity contribution in [2.75, 3.05) is 11.9 Å². The van der Waals surface area contributed by atoms with Crippen LogP contribution in [0, 0.1) is 18.4 Å². The summed E-state index contributed by atoms with van der Waals surface area (Å²) in [4.78, 5) is 41.0. The number of amides is 4. The van der Waals surface area contributed by atoms with Gasteiger partial charge in [0.2, 0.25) is 11.8 Å². The Morgan fingerprint density at radius 3 is 2.16 bits per heavy atom. The number of aryl methyl sites for hydroxylation is 1. The van der Waals surface area contributed by atoms with E-state index < -0.39 is 50.0 Å². The number of hydrogen-bond donors (Lipinski definition) is 4. The zero-order valence-electron chi connectivity index (χ0n) is 23.6. The normalized spacial score (nSPS) is 15.5. The van der Waals surface area contributed by atoms with Crippen LogP contribution in [0.15, 0.2) is 88.7 Å². The number of nitrogens with zero attached hydrogens (tertiary/aromatic N) is 2. The number of anilines is 1. The van der Waals surface area contributed by atoms with Crippen LogP contribution in [-0.2, 0) is 36.1 Å². The Bertz CT molecular complexity index is 1770. The molecule has 0 spiro atoms. The van der Waals surface area contributed by atoms with Gasteiger partial charge >= 0.3 is 6.03 Å². The molecule has 1 heterocycles. The predicted molar refractivity (Wildman–Crippen MR) is 160 cm³/mol. The maximum Gasteiger partial charge on any atom is 0.329 e. The van der Waals surface area contributed by atoms with Crippen molar-refractivity contribution in [2.24, 2.45) is 0 Å². The van der Waals surface area contributed by atoms with Gasteiger partial charge in [0.1, 0.15) is 12.1 Å². The molecule has 4 rings (SSSR count). The quantitative estimate of drug-likeness (QED) is 0.191. The van der Waals surface area contributed by atoms with E-state index in [2.05, 4.69) is 10.6 Å². The zero-order valence-corrected chi connectivity index (χ0v) is 25.2. The van der Waals surface area contributed by atoms with Gasteiger partial charge in [0.05, 0.1) is 9.79 Å². The lowest BCUT2D eigenvalue weighted by atomic mass is 10.0. The number of sulfonamides is 2. The number of carbonyl (C=O) groups is 3. The molecule has 3 aromatic rings. The SMILES string of the molecule is Cc1ccc(S(=O)(=O)NC(=O)N[C@H](Cc2ccccc2)C(=O)N2CCC[C@H]2C(=O)Nc2ccc(S(=O)(=O)NC#N)cc2)cc1. The van der Waals surface area contributed by atoms with Gasteiger partial charge in [0.25, 0.3) is 20.0 Å². The first-order chi connectivity index (χ1) is 20.9. The molecule has 1 saturated heterocycles. The highest BCUT2D eigenvalue weighted by Gasteiger charge is 2.38. The molecule has 0 aliphatic carbocycles. The molecule has 0 aromatic heterocycles. The van der Waals surface area contributed by atoms with Crippen molar-refractivity contribution in [3.63, 3.8) is 0 Å². The van der Waals surface area contributed by atoms with Crippen LogP contribution in [0.2, 0.25) is 0 Å². The third-order valence-electron chi connectivity index (χ3n) is 6.90. The van der Waals surface area contributed by atoms with Gasteiger partial charge in [-0.1, -0.05) is 48.0 Å². The molecule has 0 saturated carbocycles. The number of urea groups is 1. The molecule has 4 amide bonds. The highest BCUT2D eigenvalue weighted by Crippen LogP contribution is 2.22. The van der Waals surface area contributed by atoms with E-state index in [1.165, 1.54) is 47.5 Å². The lowest BCUT2D eigenvalue weighted by molar-refractivity contribution is -0.138. The topological polar surface area (TPSA) is 195 Å². The second-order valence-corrected chi connectivity index (χ2v) is 13.4. The molecule has 15 heteroatoms. The third-order valence-corrected chi connectivity index (χ3v) is 9.49. The van der Waals surface area contributed by atoms with Crippen LogP contribution >= 0.6 is 0 Å². The Kier molecular flexibility index (Phi) is 9.87. The first-order valence-corrected chi connectivity index (χ1v) is 16.4. The third kappa shape index (κ3) is 7.91. The number of likely N-dealkylation sites (tertiary alicyclic amines) is 1. The van der Waals surface area contributed by atoms with E-state index >= 15 is 0 Å². The number of benzene rings is 3. The minimum Gasteiger partial charge on any atom is -0.329 e. The number of hydrogen-bond acceptors (Lipinski definition) is 8. The Hall–Kier alpha value is -4.94. The summed E-state index contributed by atoms with van der Waals surface area (Å²) in [7, 11) is -8.24. The highest BCUT2D eigenvalue weighted by molar-refractivity contribution is 7.90. The summed E-state index contributed by atoms with van der Waals surface area (Å²) in [6.45, 7) is 2.02. The van der Waals surface area contributed by atoms with E-state index in [-0.39, 0.29) is 28.4 Å². The van der Waals surface area contributed by atoms with Crippen LogP contribution in [0.25, 0.3) is 0 Å². The molecule has 230 valence electrons. The first kappa shape index (κ1) is 32.0. The summed E-state index contributed by atoms with van der Waals surface area (Å²) in [5, 5.41) is 13.8. The number of carbonyl (C=O) groups excluding carboxylic acids is 3. The van der Waals surface area contributed by atoms with Crippen molar-refractivity contribution in [2.45, 2.75) is 48.1 Å². The average Bonchev–Trinajstić information content (AvgIpc) is 3.48. The minimum atomic E-state index is -4.22. The molecule has 13 nitrogen and oxygen atoms in total. The van der Waals surface area contributed by atoms with Crippen LogP contribution in [0.5, 0.6) is 0 Å². The molecular formula is C29H30N6O7S2. The molecule has 44 heavy (non-hydrogen) atoms. The first-order valence-electron chi connectivity index (χ1n) is 13.5. The Balaban J connectivity index is 1.49. The predicted octanol–water partition coefficient (Wildman–Crippen LogP) is 1.98. The average molecular weight is 639 g/mol. The summed E-state index contributed by atoms with van der Waals surface area (Å²) in [6, 6.07) is 16.7. The number of nitrogens with one attached hydrogen (secondary N) is 4. The Morgan fingerprint density at radius 1 is 0.909 bits per heavy atom. The fourth-order valence-electron chi connectivity index (χ4n) is 4.70. The summed E-state index contributed by atoms with van der Waals surface area (Å²) in [5.74, 6) is -1.09. The Labute approximate surface area is 255 Å². The maximum absolute atomic E-state index is 13.8. The van der Waals surface area contributed by atoms with Crippen molar-refractivity contribution >= 4 is 43.6 Å². The minimum absolute atomic E-state index is 0.0369. The van der Waals surface area contributed by atoms with E-state index in [0.29, 0.717) is 18.4 Å². The van der Waals surface area contributed by atoms with E-state index in [1.54, 1.807) is 54.1 Å². The molecule has 2 atom stereocenters. The lowest BCUT2D eigenvalue weighted by Crippen LogP contribution is -2.55. The van der Waals surface area contributed by atoms with Crippen LogP contribution in [0.4, 0.5) is 10.5 Å². The highest BCUT2D eigenvalue weighted by atomic mass is 32.2. The fourth-order valence-corrected chi connectivity index (χ4v) is 6.35. The van der Waals surface area contributed by atoms with Crippen molar-refractivity contribution in [1.29, 1.82) is 5.26 Å². The second-order valence-electron chi connectivity index (χ2n) is 10.1. The van der Waals surface area contributed by atoms with Gasteiger partial charge < -0.3 is 15.5 Å². The van der Waals surface area contributed by atoms with E-state index in [9.17, 15) is 31.2 Å². The van der Waals surface area contributed by atoms with E-state index in [1.807, 2.05) is 4.72 Å². The molecule has 0 radical (unpaired) electrons. The van der Waals surface area contributed by atoms with Gasteiger partial charge in [-0.15, -0.1) is 0 Å². The van der Waals surface area contributed by atoms with E-state index in [4.69, 9.17) is 5.26 Å². The lowest BCUT2D eigenvalue weighted by Gasteiger charge is -2.29. The Morgan fingerprint density at radius 2 is 1.52 bits per heavy atom. The summed E-state index contributed by atoms with van der Waals surface area (Å²) >= 11 is 0. The van der Waals surface area contributed by atoms with Gasteiger partial charge in [-0.3, -0.25) is 9.59 Å². The molecule has 1 aliphatic heterocycles. The van der Waals surface area contributed by atoms with Crippen LogP contribution in [-0.4, -0.2) is 58.2 Å². The number of rotatable bonds is 10. The van der Waals surface area contributed by atoms with Crippen molar-refractivity contribution in [3.8, 4) is 6.19 Å².